The molecule has 2 aromatic heterocycles. The zero-order chi connectivity index (χ0) is 19.7. The largest absolute Gasteiger partial charge is 0.282 e. The van der Waals surface area contributed by atoms with E-state index in [-0.39, 0.29) is 20.7 Å². The van der Waals surface area contributed by atoms with Crippen molar-refractivity contribution in [1.82, 2.24) is 14.6 Å². The number of hydrogen-bond donors (Lipinski definition) is 0. The first-order chi connectivity index (χ1) is 13.5. The quantitative estimate of drug-likeness (QED) is 0.588. The Morgan fingerprint density at radius 2 is 1.79 bits per heavy atom. The zero-order valence-electron chi connectivity index (χ0n) is 14.6. The fourth-order valence-corrected chi connectivity index (χ4v) is 5.71. The van der Waals surface area contributed by atoms with Gasteiger partial charge >= 0.3 is 0 Å². The summed E-state index contributed by atoms with van der Waals surface area (Å²) in [7, 11) is -3.77. The molecule has 0 saturated carbocycles. The van der Waals surface area contributed by atoms with Crippen LogP contribution in [0.2, 0.25) is 10.0 Å². The summed E-state index contributed by atoms with van der Waals surface area (Å²) in [5.74, 6) is 0.402. The SMILES string of the molecule is O=S(=O)(Cc1cccn2c(C3=CC=CC=CC3)nnc12)c1c(Cl)cccc1Cl. The predicted molar refractivity (Wildman–Crippen MR) is 111 cm³/mol. The monoisotopic (exact) mass is 431 g/mol. The van der Waals surface area contributed by atoms with Gasteiger partial charge in [0.2, 0.25) is 0 Å². The molecule has 0 unspecified atom stereocenters. The van der Waals surface area contributed by atoms with Gasteiger partial charge in [-0.1, -0.05) is 65.7 Å². The average Bonchev–Trinajstić information content (AvgIpc) is 2.89. The number of allylic oxidation sites excluding steroid dienone is 6. The summed E-state index contributed by atoms with van der Waals surface area (Å²) in [6.45, 7) is 0. The summed E-state index contributed by atoms with van der Waals surface area (Å²) in [6, 6.07) is 8.13. The Labute approximate surface area is 172 Å². The number of benzene rings is 1. The van der Waals surface area contributed by atoms with Crippen molar-refractivity contribution in [3.8, 4) is 0 Å². The van der Waals surface area contributed by atoms with Crippen LogP contribution in [-0.4, -0.2) is 23.0 Å². The van der Waals surface area contributed by atoms with E-state index in [4.69, 9.17) is 23.2 Å². The van der Waals surface area contributed by atoms with E-state index in [1.165, 1.54) is 12.1 Å². The molecule has 0 spiro atoms. The molecule has 0 aliphatic heterocycles. The highest BCUT2D eigenvalue weighted by Crippen LogP contribution is 2.32. The minimum Gasteiger partial charge on any atom is -0.282 e. The van der Waals surface area contributed by atoms with Crippen molar-refractivity contribution in [2.45, 2.75) is 17.1 Å². The molecule has 8 heteroatoms. The van der Waals surface area contributed by atoms with Gasteiger partial charge in [-0.15, -0.1) is 10.2 Å². The minimum absolute atomic E-state index is 0.0678. The maximum absolute atomic E-state index is 13.0. The Kier molecular flexibility index (Phi) is 5.10. The van der Waals surface area contributed by atoms with E-state index >= 15 is 0 Å². The molecule has 0 radical (unpaired) electrons. The number of pyridine rings is 1. The van der Waals surface area contributed by atoms with Gasteiger partial charge in [-0.05, 0) is 24.6 Å². The molecule has 1 aliphatic carbocycles. The molecule has 0 amide bonds. The van der Waals surface area contributed by atoms with Crippen LogP contribution in [-0.2, 0) is 15.6 Å². The smallest absolute Gasteiger partial charge is 0.185 e. The van der Waals surface area contributed by atoms with Crippen molar-refractivity contribution in [3.05, 3.63) is 88.3 Å². The molecular formula is C20H15Cl2N3O2S. The summed E-state index contributed by atoms with van der Waals surface area (Å²) < 4.78 is 27.8. The molecular weight excluding hydrogens is 417 g/mol. The van der Waals surface area contributed by atoms with Gasteiger partial charge in [-0.25, -0.2) is 8.42 Å². The van der Waals surface area contributed by atoms with Crippen molar-refractivity contribution in [2.24, 2.45) is 0 Å². The summed E-state index contributed by atoms with van der Waals surface area (Å²) >= 11 is 12.2. The van der Waals surface area contributed by atoms with Crippen LogP contribution in [0.3, 0.4) is 0 Å². The normalized spacial score (nSPS) is 14.3. The van der Waals surface area contributed by atoms with Gasteiger partial charge in [0, 0.05) is 17.3 Å². The van der Waals surface area contributed by atoms with Gasteiger partial charge in [0.15, 0.2) is 21.3 Å². The molecule has 1 aromatic carbocycles. The summed E-state index contributed by atoms with van der Waals surface area (Å²) in [4.78, 5) is -0.0678. The van der Waals surface area contributed by atoms with Crippen molar-refractivity contribution in [2.75, 3.05) is 0 Å². The van der Waals surface area contributed by atoms with E-state index in [1.807, 2.05) is 36.6 Å². The number of nitrogens with zero attached hydrogens (tertiary/aromatic N) is 3. The lowest BCUT2D eigenvalue weighted by Gasteiger charge is -2.09. The zero-order valence-corrected chi connectivity index (χ0v) is 16.9. The molecule has 1 aliphatic rings. The van der Waals surface area contributed by atoms with Crippen LogP contribution in [0.25, 0.3) is 11.2 Å². The third-order valence-corrected chi connectivity index (χ3v) is 6.98. The third kappa shape index (κ3) is 3.51. The highest BCUT2D eigenvalue weighted by atomic mass is 35.5. The molecule has 5 nitrogen and oxygen atoms in total. The van der Waals surface area contributed by atoms with Gasteiger partial charge in [0.1, 0.15) is 4.90 Å². The topological polar surface area (TPSA) is 64.3 Å². The van der Waals surface area contributed by atoms with Gasteiger partial charge in [-0.2, -0.15) is 0 Å². The molecule has 0 fully saturated rings. The van der Waals surface area contributed by atoms with Gasteiger partial charge < -0.3 is 0 Å². The number of sulfone groups is 1. The number of hydrogen-bond acceptors (Lipinski definition) is 4. The first-order valence-corrected chi connectivity index (χ1v) is 10.9. The van der Waals surface area contributed by atoms with Crippen molar-refractivity contribution in [3.63, 3.8) is 0 Å². The Hall–Kier alpha value is -2.41. The Bertz CT molecular complexity index is 1240. The van der Waals surface area contributed by atoms with Gasteiger partial charge in [0.05, 0.1) is 15.8 Å². The first kappa shape index (κ1) is 18.9. The molecule has 0 N–H and O–H groups in total. The first-order valence-electron chi connectivity index (χ1n) is 8.49. The molecule has 4 rings (SSSR count). The van der Waals surface area contributed by atoms with Crippen molar-refractivity contribution in [1.29, 1.82) is 0 Å². The summed E-state index contributed by atoms with van der Waals surface area (Å²) in [5.41, 5.74) is 2.01. The second-order valence-electron chi connectivity index (χ2n) is 6.27. The highest BCUT2D eigenvalue weighted by molar-refractivity contribution is 7.91. The minimum atomic E-state index is -3.77. The Morgan fingerprint density at radius 3 is 2.57 bits per heavy atom. The highest BCUT2D eigenvalue weighted by Gasteiger charge is 2.24. The van der Waals surface area contributed by atoms with E-state index in [2.05, 4.69) is 10.2 Å². The van der Waals surface area contributed by atoms with E-state index in [0.717, 1.165) is 5.57 Å². The van der Waals surface area contributed by atoms with Crippen LogP contribution in [0, 0.1) is 0 Å². The lowest BCUT2D eigenvalue weighted by Crippen LogP contribution is -2.08. The predicted octanol–water partition coefficient (Wildman–Crippen LogP) is 4.91. The lowest BCUT2D eigenvalue weighted by molar-refractivity contribution is 0.595. The molecule has 0 saturated heterocycles. The van der Waals surface area contributed by atoms with Crippen LogP contribution < -0.4 is 0 Å². The van der Waals surface area contributed by atoms with Crippen LogP contribution in [0.1, 0.15) is 17.8 Å². The summed E-state index contributed by atoms with van der Waals surface area (Å²) in [6.07, 6.45) is 12.4. The Balaban J connectivity index is 1.78. The van der Waals surface area contributed by atoms with E-state index < -0.39 is 9.84 Å². The van der Waals surface area contributed by atoms with E-state index in [1.54, 1.807) is 22.6 Å². The summed E-state index contributed by atoms with van der Waals surface area (Å²) in [5, 5.41) is 8.73. The second kappa shape index (κ2) is 7.54. The standard InChI is InChI=1S/C20H15Cl2N3O2S/c21-16-10-5-11-17(22)18(16)28(26,27)13-15-9-6-12-25-19(23-24-20(15)25)14-7-3-1-2-4-8-14/h1-7,9-12H,8,13H2. The second-order valence-corrected chi connectivity index (χ2v) is 9.01. The maximum Gasteiger partial charge on any atom is 0.185 e. The molecule has 142 valence electrons. The number of fused-ring (bicyclic) bond motifs is 1. The van der Waals surface area contributed by atoms with Crippen LogP contribution in [0.4, 0.5) is 0 Å². The van der Waals surface area contributed by atoms with Gasteiger partial charge in [-0.3, -0.25) is 4.40 Å². The number of halogens is 2. The van der Waals surface area contributed by atoms with Crippen LogP contribution in [0.5, 0.6) is 0 Å². The number of rotatable bonds is 4. The van der Waals surface area contributed by atoms with Crippen LogP contribution >= 0.6 is 23.2 Å². The fourth-order valence-electron chi connectivity index (χ4n) is 3.10. The number of aromatic nitrogens is 3. The maximum atomic E-state index is 13.0. The Morgan fingerprint density at radius 1 is 1.00 bits per heavy atom. The third-order valence-electron chi connectivity index (χ3n) is 4.37. The molecule has 2 heterocycles. The van der Waals surface area contributed by atoms with Crippen molar-refractivity contribution < 1.29 is 8.42 Å². The molecule has 28 heavy (non-hydrogen) atoms. The van der Waals surface area contributed by atoms with E-state index in [9.17, 15) is 8.42 Å². The molecule has 0 atom stereocenters. The molecule has 0 bridgehead atoms. The van der Waals surface area contributed by atoms with Crippen molar-refractivity contribution >= 4 is 44.3 Å². The van der Waals surface area contributed by atoms with Gasteiger partial charge in [0.25, 0.3) is 0 Å². The fraction of sp³-hybridized carbons (Fsp3) is 0.100. The van der Waals surface area contributed by atoms with E-state index in [0.29, 0.717) is 23.5 Å². The average molecular weight is 432 g/mol. The lowest BCUT2D eigenvalue weighted by atomic mass is 10.1. The van der Waals surface area contributed by atoms with Crippen LogP contribution in [0.15, 0.2) is 71.8 Å². The molecule has 3 aromatic rings.